The third-order valence-electron chi connectivity index (χ3n) is 5.94. The van der Waals surface area contributed by atoms with Crippen LogP contribution in [0.15, 0.2) is 53.1 Å². The van der Waals surface area contributed by atoms with Crippen molar-refractivity contribution < 1.29 is 14.7 Å². The molecule has 3 rings (SSSR count). The highest BCUT2D eigenvalue weighted by Crippen LogP contribution is 2.40. The summed E-state index contributed by atoms with van der Waals surface area (Å²) in [5.41, 5.74) is 2.19. The first-order valence-corrected chi connectivity index (χ1v) is 11.7. The van der Waals surface area contributed by atoms with Gasteiger partial charge in [-0.25, -0.2) is 0 Å². The zero-order chi connectivity index (χ0) is 22.8. The van der Waals surface area contributed by atoms with Gasteiger partial charge >= 0.3 is 0 Å². The van der Waals surface area contributed by atoms with Crippen molar-refractivity contribution in [3.8, 4) is 0 Å². The highest BCUT2D eigenvalue weighted by Gasteiger charge is 2.43. The van der Waals surface area contributed by atoms with Gasteiger partial charge < -0.3 is 14.9 Å². The average Bonchev–Trinajstić information content (AvgIpc) is 3.36. The van der Waals surface area contributed by atoms with Crippen LogP contribution >= 0.6 is 11.3 Å². The second-order valence-corrected chi connectivity index (χ2v) is 9.82. The molecule has 0 saturated heterocycles. The summed E-state index contributed by atoms with van der Waals surface area (Å²) in [5, 5.41) is 12.6. The van der Waals surface area contributed by atoms with Gasteiger partial charge in [0.15, 0.2) is 5.76 Å². The van der Waals surface area contributed by atoms with E-state index in [1.807, 2.05) is 29.6 Å². The minimum atomic E-state index is -0.591. The molecule has 1 unspecified atom stereocenters. The molecular weight excluding hydrogens is 408 g/mol. The van der Waals surface area contributed by atoms with Gasteiger partial charge in [-0.1, -0.05) is 65.0 Å². The number of hydrogen-bond acceptors (Lipinski definition) is 5. The number of rotatable bonds is 8. The molecule has 1 N–H and O–H groups in total. The normalized spacial score (nSPS) is 17.2. The summed E-state index contributed by atoms with van der Waals surface area (Å²) in [6, 6.07) is 11.0. The van der Waals surface area contributed by atoms with Gasteiger partial charge in [-0.2, -0.15) is 0 Å². The predicted molar refractivity (Wildman–Crippen MR) is 126 cm³/mol. The molecule has 0 saturated carbocycles. The highest BCUT2D eigenvalue weighted by molar-refractivity contribution is 7.12. The lowest BCUT2D eigenvalue weighted by molar-refractivity contribution is -0.129. The van der Waals surface area contributed by atoms with E-state index in [1.165, 1.54) is 16.9 Å². The molecule has 1 aliphatic heterocycles. The Morgan fingerprint density at radius 1 is 1.13 bits per heavy atom. The van der Waals surface area contributed by atoms with E-state index in [0.717, 1.165) is 18.7 Å². The summed E-state index contributed by atoms with van der Waals surface area (Å²) in [6.07, 6.45) is 0. The fraction of sp³-hybridized carbons (Fsp3) is 0.440. The molecule has 2 heterocycles. The lowest BCUT2D eigenvalue weighted by atomic mass is 9.85. The molecule has 1 aliphatic rings. The molecule has 166 valence electrons. The van der Waals surface area contributed by atoms with Gasteiger partial charge in [-0.3, -0.25) is 9.59 Å². The van der Waals surface area contributed by atoms with Gasteiger partial charge in [0.05, 0.1) is 16.5 Å². The minimum absolute atomic E-state index is 0.0000615. The highest BCUT2D eigenvalue weighted by atomic mass is 32.1. The van der Waals surface area contributed by atoms with Gasteiger partial charge in [0.2, 0.25) is 5.78 Å². The van der Waals surface area contributed by atoms with Crippen LogP contribution in [0.4, 0.5) is 0 Å². The molecule has 2 aromatic rings. The second kappa shape index (κ2) is 9.37. The van der Waals surface area contributed by atoms with Gasteiger partial charge in [0.25, 0.3) is 5.91 Å². The Morgan fingerprint density at radius 3 is 2.29 bits per heavy atom. The largest absolute Gasteiger partial charge is 0.503 e. The lowest BCUT2D eigenvalue weighted by Crippen LogP contribution is -2.38. The van der Waals surface area contributed by atoms with Crippen LogP contribution in [-0.4, -0.2) is 52.8 Å². The third kappa shape index (κ3) is 4.75. The molecule has 1 aromatic heterocycles. The maximum atomic E-state index is 13.3. The zero-order valence-electron chi connectivity index (χ0n) is 19.0. The summed E-state index contributed by atoms with van der Waals surface area (Å²) < 4.78 is 0. The Bertz CT molecular complexity index is 952. The molecule has 0 spiro atoms. The van der Waals surface area contributed by atoms with E-state index in [9.17, 15) is 14.7 Å². The fourth-order valence-corrected chi connectivity index (χ4v) is 4.64. The molecule has 0 fully saturated rings. The van der Waals surface area contributed by atoms with Gasteiger partial charge in [-0.05, 0) is 41.1 Å². The first-order chi connectivity index (χ1) is 14.7. The van der Waals surface area contributed by atoms with Crippen LogP contribution in [-0.2, 0) is 10.2 Å². The van der Waals surface area contributed by atoms with Crippen LogP contribution in [0.1, 0.15) is 61.5 Å². The van der Waals surface area contributed by atoms with E-state index < -0.39 is 17.7 Å². The number of ketones is 1. The molecule has 6 heteroatoms. The first kappa shape index (κ1) is 23.2. The Morgan fingerprint density at radius 2 is 1.77 bits per heavy atom. The summed E-state index contributed by atoms with van der Waals surface area (Å²) in [7, 11) is 0. The number of hydrogen-bond donors (Lipinski definition) is 1. The van der Waals surface area contributed by atoms with Crippen LogP contribution in [0.25, 0.3) is 0 Å². The number of Topliss-reactive ketones (excluding diaryl/α,β-unsaturated/α-hetero) is 1. The number of amides is 1. The molecular formula is C25H32N2O3S. The number of aliphatic hydroxyl groups is 1. The number of benzene rings is 1. The first-order valence-electron chi connectivity index (χ1n) is 10.8. The number of carbonyl (C=O) groups is 2. The zero-order valence-corrected chi connectivity index (χ0v) is 19.8. The number of nitrogens with zero attached hydrogens (tertiary/aromatic N) is 2. The Kier molecular flexibility index (Phi) is 7.02. The SMILES string of the molecule is CCN(CC)CCN1C(=O)C(O)=C(C(=O)c2cccs2)C1c1ccc(C(C)(C)C)cc1. The van der Waals surface area contributed by atoms with Crippen LogP contribution in [0.5, 0.6) is 0 Å². The quantitative estimate of drug-likeness (QED) is 0.589. The van der Waals surface area contributed by atoms with Crippen LogP contribution in [0.2, 0.25) is 0 Å². The van der Waals surface area contributed by atoms with Crippen molar-refractivity contribution in [3.63, 3.8) is 0 Å². The van der Waals surface area contributed by atoms with E-state index >= 15 is 0 Å². The summed E-state index contributed by atoms with van der Waals surface area (Å²) in [6.45, 7) is 13.5. The monoisotopic (exact) mass is 440 g/mol. The number of carbonyl (C=O) groups excluding carboxylic acids is 2. The van der Waals surface area contributed by atoms with E-state index in [1.54, 1.807) is 17.0 Å². The topological polar surface area (TPSA) is 60.9 Å². The van der Waals surface area contributed by atoms with Crippen molar-refractivity contribution in [2.45, 2.75) is 46.1 Å². The standard InChI is InChI=1S/C25H32N2O3S/c1-6-26(7-2)14-15-27-21(17-10-12-18(13-11-17)25(3,4)5)20(23(29)24(27)30)22(28)19-9-8-16-31-19/h8-13,16,21,29H,6-7,14-15H2,1-5H3. The van der Waals surface area contributed by atoms with E-state index in [2.05, 4.69) is 39.5 Å². The van der Waals surface area contributed by atoms with Gasteiger partial charge in [0, 0.05) is 13.1 Å². The molecule has 1 amide bonds. The maximum absolute atomic E-state index is 13.3. The molecule has 5 nitrogen and oxygen atoms in total. The van der Waals surface area contributed by atoms with E-state index in [4.69, 9.17) is 0 Å². The van der Waals surface area contributed by atoms with Gasteiger partial charge in [-0.15, -0.1) is 11.3 Å². The number of thiophene rings is 1. The number of likely N-dealkylation sites (N-methyl/N-ethyl adjacent to an activating group) is 1. The second-order valence-electron chi connectivity index (χ2n) is 8.87. The maximum Gasteiger partial charge on any atom is 0.290 e. The van der Waals surface area contributed by atoms with Crippen molar-refractivity contribution in [3.05, 3.63) is 69.1 Å². The summed E-state index contributed by atoms with van der Waals surface area (Å²) in [5.74, 6) is -1.18. The van der Waals surface area contributed by atoms with Gasteiger partial charge in [0.1, 0.15) is 0 Å². The average molecular weight is 441 g/mol. The van der Waals surface area contributed by atoms with Crippen LogP contribution in [0.3, 0.4) is 0 Å². The Balaban J connectivity index is 2.02. The van der Waals surface area contributed by atoms with Crippen molar-refractivity contribution in [1.82, 2.24) is 9.80 Å². The third-order valence-corrected chi connectivity index (χ3v) is 6.81. The molecule has 31 heavy (non-hydrogen) atoms. The van der Waals surface area contributed by atoms with Crippen molar-refractivity contribution in [1.29, 1.82) is 0 Å². The summed E-state index contributed by atoms with van der Waals surface area (Å²) in [4.78, 5) is 30.7. The molecule has 1 aromatic carbocycles. The van der Waals surface area contributed by atoms with Crippen molar-refractivity contribution >= 4 is 23.0 Å². The molecule has 0 radical (unpaired) electrons. The molecule has 1 atom stereocenters. The van der Waals surface area contributed by atoms with Crippen molar-refractivity contribution in [2.75, 3.05) is 26.2 Å². The predicted octanol–water partition coefficient (Wildman–Crippen LogP) is 4.97. The lowest BCUT2D eigenvalue weighted by Gasteiger charge is -2.30. The Hall–Kier alpha value is -2.44. The fourth-order valence-electron chi connectivity index (χ4n) is 3.96. The smallest absolute Gasteiger partial charge is 0.290 e. The van der Waals surface area contributed by atoms with Crippen molar-refractivity contribution in [2.24, 2.45) is 0 Å². The van der Waals surface area contributed by atoms with Crippen LogP contribution in [0, 0.1) is 0 Å². The molecule has 0 bridgehead atoms. The summed E-state index contributed by atoms with van der Waals surface area (Å²) >= 11 is 1.32. The number of aliphatic hydroxyl groups excluding tert-OH is 1. The molecule has 0 aliphatic carbocycles. The Labute approximate surface area is 189 Å². The minimum Gasteiger partial charge on any atom is -0.503 e. The van der Waals surface area contributed by atoms with Crippen LogP contribution < -0.4 is 0 Å². The van der Waals surface area contributed by atoms with E-state index in [0.29, 0.717) is 18.0 Å². The van der Waals surface area contributed by atoms with E-state index in [-0.39, 0.29) is 16.8 Å².